The number of benzene rings is 2. The molecule has 1 saturated heterocycles. The first-order chi connectivity index (χ1) is 19.7. The summed E-state index contributed by atoms with van der Waals surface area (Å²) < 4.78 is 16.2. The molecule has 1 N–H and O–H groups in total. The number of anilines is 1. The second-order valence-corrected chi connectivity index (χ2v) is 12.0. The van der Waals surface area contributed by atoms with Gasteiger partial charge in [0.2, 0.25) is 5.13 Å². The van der Waals surface area contributed by atoms with Gasteiger partial charge in [0.05, 0.1) is 27.4 Å². The van der Waals surface area contributed by atoms with E-state index in [0.717, 1.165) is 11.3 Å². The van der Waals surface area contributed by atoms with Gasteiger partial charge in [-0.2, -0.15) is 0 Å². The molecule has 4 heterocycles. The van der Waals surface area contributed by atoms with Gasteiger partial charge in [-0.25, -0.2) is 9.37 Å². The van der Waals surface area contributed by atoms with Crippen LogP contribution in [0.4, 0.5) is 9.52 Å². The van der Waals surface area contributed by atoms with E-state index in [9.17, 15) is 19.1 Å². The number of aliphatic hydroxyl groups excluding tert-OH is 1. The lowest BCUT2D eigenvalue weighted by molar-refractivity contribution is -0.132. The van der Waals surface area contributed by atoms with E-state index in [1.165, 1.54) is 28.8 Å². The van der Waals surface area contributed by atoms with Crippen LogP contribution in [0.1, 0.15) is 28.6 Å². The van der Waals surface area contributed by atoms with Gasteiger partial charge in [0.25, 0.3) is 5.78 Å². The van der Waals surface area contributed by atoms with Crippen molar-refractivity contribution in [3.8, 4) is 0 Å². The minimum atomic E-state index is -1.09. The summed E-state index contributed by atoms with van der Waals surface area (Å²) in [7, 11) is 0. The first-order valence-electron chi connectivity index (χ1n) is 12.1. The van der Waals surface area contributed by atoms with E-state index in [2.05, 4.69) is 15.2 Å². The van der Waals surface area contributed by atoms with Crippen LogP contribution in [0, 0.1) is 12.7 Å². The second-order valence-electron chi connectivity index (χ2n) is 9.05. The highest BCUT2D eigenvalue weighted by Crippen LogP contribution is 2.45. The third-order valence-electron chi connectivity index (χ3n) is 6.54. The van der Waals surface area contributed by atoms with Crippen LogP contribution in [0.3, 0.4) is 0 Å². The quantitative estimate of drug-likeness (QED) is 0.0723. The SMILES string of the molecule is Cc1nc2ccccn2c1C(O)=C1C(=O)C(=O)N(c2nnc(SCc3ccccc3F)s2)C1c1ccc(Cl)c(Cl)c1. The van der Waals surface area contributed by atoms with Gasteiger partial charge in [0, 0.05) is 11.9 Å². The maximum absolute atomic E-state index is 14.1. The molecule has 1 unspecified atom stereocenters. The van der Waals surface area contributed by atoms with E-state index in [-0.39, 0.29) is 32.3 Å². The molecule has 1 aliphatic heterocycles. The molecule has 206 valence electrons. The summed E-state index contributed by atoms with van der Waals surface area (Å²) in [5.74, 6) is -2.23. The molecule has 1 aliphatic rings. The number of hydrogen-bond donors (Lipinski definition) is 1. The summed E-state index contributed by atoms with van der Waals surface area (Å²) in [6.07, 6.45) is 1.71. The van der Waals surface area contributed by atoms with Crippen LogP contribution < -0.4 is 4.90 Å². The first kappa shape index (κ1) is 27.4. The van der Waals surface area contributed by atoms with Crippen molar-refractivity contribution in [3.05, 3.63) is 111 Å². The number of nitrogens with zero attached hydrogens (tertiary/aromatic N) is 5. The third kappa shape index (κ3) is 4.88. The topological polar surface area (TPSA) is 101 Å². The Balaban J connectivity index is 1.46. The minimum absolute atomic E-state index is 0.133. The number of aliphatic hydroxyl groups is 1. The Morgan fingerprint density at radius 1 is 1.07 bits per heavy atom. The number of fused-ring (bicyclic) bond motifs is 1. The molecule has 5 aromatic rings. The lowest BCUT2D eigenvalue weighted by atomic mass is 9.96. The molecular weight excluding hydrogens is 608 g/mol. The van der Waals surface area contributed by atoms with Crippen LogP contribution in [0.2, 0.25) is 10.0 Å². The largest absolute Gasteiger partial charge is 0.505 e. The molecule has 41 heavy (non-hydrogen) atoms. The zero-order valence-electron chi connectivity index (χ0n) is 21.1. The van der Waals surface area contributed by atoms with Crippen molar-refractivity contribution in [1.82, 2.24) is 19.6 Å². The minimum Gasteiger partial charge on any atom is -0.505 e. The summed E-state index contributed by atoms with van der Waals surface area (Å²) in [5, 5.41) is 20.6. The van der Waals surface area contributed by atoms with Crippen LogP contribution in [0.25, 0.3) is 11.4 Å². The fourth-order valence-electron chi connectivity index (χ4n) is 4.67. The molecule has 13 heteroatoms. The highest BCUT2D eigenvalue weighted by atomic mass is 35.5. The van der Waals surface area contributed by atoms with Gasteiger partial charge in [0.15, 0.2) is 10.1 Å². The molecule has 0 aliphatic carbocycles. The molecule has 8 nitrogen and oxygen atoms in total. The Kier molecular flexibility index (Phi) is 7.28. The van der Waals surface area contributed by atoms with Crippen molar-refractivity contribution in [2.45, 2.75) is 23.1 Å². The summed E-state index contributed by atoms with van der Waals surface area (Å²) in [6.45, 7) is 1.70. The van der Waals surface area contributed by atoms with Gasteiger partial charge < -0.3 is 5.11 Å². The van der Waals surface area contributed by atoms with Crippen molar-refractivity contribution in [3.63, 3.8) is 0 Å². The molecule has 0 spiro atoms. The van der Waals surface area contributed by atoms with E-state index in [1.807, 2.05) is 0 Å². The number of carbonyl (C=O) groups is 2. The number of halogens is 3. The molecule has 3 aromatic heterocycles. The Labute approximate surface area is 251 Å². The molecule has 0 radical (unpaired) electrons. The molecule has 2 aromatic carbocycles. The van der Waals surface area contributed by atoms with Gasteiger partial charge in [-0.05, 0) is 48.4 Å². The zero-order valence-corrected chi connectivity index (χ0v) is 24.2. The molecule has 1 atom stereocenters. The first-order valence-corrected chi connectivity index (χ1v) is 14.7. The van der Waals surface area contributed by atoms with E-state index < -0.39 is 23.5 Å². The van der Waals surface area contributed by atoms with Crippen LogP contribution in [0.15, 0.2) is 76.8 Å². The van der Waals surface area contributed by atoms with Crippen LogP contribution >= 0.6 is 46.3 Å². The van der Waals surface area contributed by atoms with Crippen molar-refractivity contribution in [2.24, 2.45) is 0 Å². The van der Waals surface area contributed by atoms with E-state index >= 15 is 0 Å². The molecule has 0 saturated carbocycles. The second kappa shape index (κ2) is 10.9. The smallest absolute Gasteiger partial charge is 0.301 e. The number of amides is 1. The summed E-state index contributed by atoms with van der Waals surface area (Å²) in [5.41, 5.74) is 2.08. The fourth-order valence-corrected chi connectivity index (χ4v) is 6.83. The van der Waals surface area contributed by atoms with Crippen LogP contribution in [-0.2, 0) is 15.3 Å². The Morgan fingerprint density at radius 2 is 1.85 bits per heavy atom. The number of thioether (sulfide) groups is 1. The maximum atomic E-state index is 14.1. The number of imidazole rings is 1. The monoisotopic (exact) mass is 625 g/mol. The van der Waals surface area contributed by atoms with E-state index in [0.29, 0.717) is 32.6 Å². The molecular formula is C28H18Cl2FN5O3S2. The number of aryl methyl sites for hydroxylation is 1. The van der Waals surface area contributed by atoms with E-state index in [4.69, 9.17) is 23.2 Å². The highest BCUT2D eigenvalue weighted by Gasteiger charge is 2.49. The third-order valence-corrected chi connectivity index (χ3v) is 9.39. The number of rotatable bonds is 6. The number of aromatic nitrogens is 4. The molecule has 0 bridgehead atoms. The fraction of sp³-hybridized carbons (Fsp3) is 0.107. The molecule has 6 rings (SSSR count). The van der Waals surface area contributed by atoms with Crippen molar-refractivity contribution < 1.29 is 19.1 Å². The summed E-state index contributed by atoms with van der Waals surface area (Å²) in [4.78, 5) is 32.8. The average Bonchev–Trinajstić information content (AvgIpc) is 3.63. The standard InChI is InChI=1S/C28H18Cl2FN5O3S2/c1-14-22(35-11-5-4-8-20(35)32-14)24(37)21-23(15-9-10-17(29)18(30)12-15)36(26(39)25(21)38)27-33-34-28(41-27)40-13-16-6-2-3-7-19(16)31/h2-12,23,37H,13H2,1H3. The highest BCUT2D eigenvalue weighted by molar-refractivity contribution is 8.00. The van der Waals surface area contributed by atoms with Gasteiger partial charge in [0.1, 0.15) is 17.2 Å². The predicted molar refractivity (Wildman–Crippen MR) is 157 cm³/mol. The van der Waals surface area contributed by atoms with Gasteiger partial charge in [-0.1, -0.05) is 76.6 Å². The lowest BCUT2D eigenvalue weighted by Gasteiger charge is -2.22. The van der Waals surface area contributed by atoms with Crippen molar-refractivity contribution in [2.75, 3.05) is 4.90 Å². The normalized spacial score (nSPS) is 16.7. The van der Waals surface area contributed by atoms with E-state index in [1.54, 1.807) is 66.1 Å². The van der Waals surface area contributed by atoms with Gasteiger partial charge in [-0.3, -0.25) is 18.9 Å². The van der Waals surface area contributed by atoms with Crippen LogP contribution in [0.5, 0.6) is 0 Å². The zero-order chi connectivity index (χ0) is 28.8. The number of pyridine rings is 1. The van der Waals surface area contributed by atoms with Gasteiger partial charge >= 0.3 is 5.91 Å². The summed E-state index contributed by atoms with van der Waals surface area (Å²) in [6, 6.07) is 15.4. The Morgan fingerprint density at radius 3 is 2.63 bits per heavy atom. The number of Topliss-reactive ketones (excluding diaryl/α,β-unsaturated/α-hetero) is 1. The number of carbonyl (C=O) groups excluding carboxylic acids is 2. The Hall–Kier alpha value is -3.77. The molecule has 1 amide bonds. The van der Waals surface area contributed by atoms with Crippen molar-refractivity contribution >= 4 is 74.5 Å². The van der Waals surface area contributed by atoms with Crippen LogP contribution in [-0.4, -0.2) is 36.4 Å². The van der Waals surface area contributed by atoms with Crippen molar-refractivity contribution in [1.29, 1.82) is 0 Å². The predicted octanol–water partition coefficient (Wildman–Crippen LogP) is 6.86. The number of hydrogen-bond acceptors (Lipinski definition) is 8. The summed E-state index contributed by atoms with van der Waals surface area (Å²) >= 11 is 14.8. The lowest BCUT2D eigenvalue weighted by Crippen LogP contribution is -2.29. The molecule has 1 fully saturated rings. The maximum Gasteiger partial charge on any atom is 0.301 e. The average molecular weight is 627 g/mol. The Bertz CT molecular complexity index is 1890. The van der Waals surface area contributed by atoms with Gasteiger partial charge in [-0.15, -0.1) is 10.2 Å². The number of ketones is 1.